The predicted octanol–water partition coefficient (Wildman–Crippen LogP) is 2.66. The van der Waals surface area contributed by atoms with Crippen LogP contribution in [0, 0.1) is 0 Å². The molecular weight excluding hydrogens is 180 g/mol. The van der Waals surface area contributed by atoms with Gasteiger partial charge in [-0.2, -0.15) is 0 Å². The summed E-state index contributed by atoms with van der Waals surface area (Å²) >= 11 is 0. The Morgan fingerprint density at radius 1 is 1.29 bits per heavy atom. The number of carbonyl (C=O) groups is 1. The van der Waals surface area contributed by atoms with E-state index in [4.69, 9.17) is 9.47 Å². The number of carbonyl (C=O) groups excluding carboxylic acids is 1. The lowest BCUT2D eigenvalue weighted by Crippen LogP contribution is -1.97. The third-order valence-electron chi connectivity index (χ3n) is 1.86. The van der Waals surface area contributed by atoms with Crippen LogP contribution in [-0.4, -0.2) is 20.2 Å². The molecule has 0 amide bonds. The topological polar surface area (TPSA) is 35.5 Å². The molecule has 3 nitrogen and oxygen atoms in total. The highest BCUT2D eigenvalue weighted by Crippen LogP contribution is 2.05. The van der Waals surface area contributed by atoms with Crippen LogP contribution in [0.3, 0.4) is 0 Å². The minimum atomic E-state index is 0.138. The summed E-state index contributed by atoms with van der Waals surface area (Å²) < 4.78 is 9.71. The van der Waals surface area contributed by atoms with Gasteiger partial charge in [-0.25, -0.2) is 0 Å². The summed E-state index contributed by atoms with van der Waals surface area (Å²) in [5.41, 5.74) is 0. The molecule has 0 saturated heterocycles. The fourth-order valence-electron chi connectivity index (χ4n) is 1.08. The van der Waals surface area contributed by atoms with Gasteiger partial charge in [-0.1, -0.05) is 26.2 Å². The Hall–Kier alpha value is -0.830. The largest absolute Gasteiger partial charge is 0.464 e. The first-order valence-corrected chi connectivity index (χ1v) is 5.12. The second-order valence-corrected chi connectivity index (χ2v) is 3.12. The molecule has 82 valence electrons. The van der Waals surface area contributed by atoms with Crippen LogP contribution in [0.5, 0.6) is 0 Å². The molecule has 0 N–H and O–H groups in total. The van der Waals surface area contributed by atoms with Crippen molar-refractivity contribution in [3.8, 4) is 0 Å². The molecule has 0 unspecified atom stereocenters. The normalized spacial score (nSPS) is 11.4. The molecule has 0 aliphatic heterocycles. The van der Waals surface area contributed by atoms with Gasteiger partial charge in [0.25, 0.3) is 0 Å². The average molecular weight is 200 g/mol. The van der Waals surface area contributed by atoms with Gasteiger partial charge in [0.05, 0.1) is 0 Å². The maximum atomic E-state index is 10.5. The fourth-order valence-corrected chi connectivity index (χ4v) is 1.08. The van der Waals surface area contributed by atoms with Crippen molar-refractivity contribution in [3.05, 3.63) is 11.8 Å². The first-order chi connectivity index (χ1) is 6.85. The highest BCUT2D eigenvalue weighted by molar-refractivity contribution is 5.69. The summed E-state index contributed by atoms with van der Waals surface area (Å²) in [7, 11) is 1.53. The van der Waals surface area contributed by atoms with Crippen LogP contribution < -0.4 is 0 Å². The van der Waals surface area contributed by atoms with Crippen molar-refractivity contribution in [3.63, 3.8) is 0 Å². The number of ether oxygens (including phenoxy) is 2. The number of hydrogen-bond donors (Lipinski definition) is 0. The minimum Gasteiger partial charge on any atom is -0.464 e. The predicted molar refractivity (Wildman–Crippen MR) is 55.9 cm³/mol. The van der Waals surface area contributed by atoms with Crippen LogP contribution in [0.4, 0.5) is 0 Å². The van der Waals surface area contributed by atoms with E-state index in [9.17, 15) is 4.79 Å². The fraction of sp³-hybridized carbons (Fsp3) is 0.727. The maximum absolute atomic E-state index is 10.5. The van der Waals surface area contributed by atoms with Gasteiger partial charge < -0.3 is 9.47 Å². The van der Waals surface area contributed by atoms with Gasteiger partial charge in [0.15, 0.2) is 18.8 Å². The molecular formula is C11H20O3. The Morgan fingerprint density at radius 2 is 2.07 bits per heavy atom. The van der Waals surface area contributed by atoms with Crippen LogP contribution in [0.2, 0.25) is 0 Å². The monoisotopic (exact) mass is 200 g/mol. The average Bonchev–Trinajstić information content (AvgIpc) is 2.22. The summed E-state index contributed by atoms with van der Waals surface area (Å²) in [4.78, 5) is 10.5. The number of rotatable bonds is 9. The SMILES string of the molecule is CCCCCC/C=C(\C=O)OCOC. The van der Waals surface area contributed by atoms with Crippen molar-refractivity contribution < 1.29 is 14.3 Å². The third-order valence-corrected chi connectivity index (χ3v) is 1.86. The van der Waals surface area contributed by atoms with Gasteiger partial charge in [0.1, 0.15) is 0 Å². The van der Waals surface area contributed by atoms with Crippen LogP contribution in [-0.2, 0) is 14.3 Å². The van der Waals surface area contributed by atoms with Crippen LogP contribution in [0.1, 0.15) is 39.0 Å². The maximum Gasteiger partial charge on any atom is 0.188 e. The van der Waals surface area contributed by atoms with Crippen molar-refractivity contribution in [2.75, 3.05) is 13.9 Å². The molecule has 0 aromatic rings. The summed E-state index contributed by atoms with van der Waals surface area (Å²) in [6, 6.07) is 0. The van der Waals surface area contributed by atoms with Gasteiger partial charge in [0.2, 0.25) is 0 Å². The summed E-state index contributed by atoms with van der Waals surface area (Å²) in [5, 5.41) is 0. The van der Waals surface area contributed by atoms with Crippen molar-refractivity contribution in [2.45, 2.75) is 39.0 Å². The molecule has 14 heavy (non-hydrogen) atoms. The quantitative estimate of drug-likeness (QED) is 0.189. The molecule has 0 heterocycles. The van der Waals surface area contributed by atoms with Crippen LogP contribution in [0.25, 0.3) is 0 Å². The van der Waals surface area contributed by atoms with E-state index in [1.165, 1.54) is 26.4 Å². The second kappa shape index (κ2) is 10.3. The Labute approximate surface area is 86.1 Å². The lowest BCUT2D eigenvalue weighted by molar-refractivity contribution is -0.110. The van der Waals surface area contributed by atoms with E-state index in [0.29, 0.717) is 5.76 Å². The number of allylic oxidation sites excluding steroid dienone is 2. The second-order valence-electron chi connectivity index (χ2n) is 3.12. The van der Waals surface area contributed by atoms with E-state index in [-0.39, 0.29) is 6.79 Å². The molecule has 0 bridgehead atoms. The Morgan fingerprint density at radius 3 is 2.64 bits per heavy atom. The molecule has 0 atom stereocenters. The van der Waals surface area contributed by atoms with E-state index < -0.39 is 0 Å². The lowest BCUT2D eigenvalue weighted by Gasteiger charge is -2.02. The van der Waals surface area contributed by atoms with Gasteiger partial charge in [-0.15, -0.1) is 0 Å². The number of hydrogen-bond acceptors (Lipinski definition) is 3. The van der Waals surface area contributed by atoms with Gasteiger partial charge in [-0.3, -0.25) is 4.79 Å². The third kappa shape index (κ3) is 7.80. The standard InChI is InChI=1S/C11H20O3/c1-3-4-5-6-7-8-11(9-12)14-10-13-2/h8-9H,3-7,10H2,1-2H3/b11-8+. The zero-order chi connectivity index (χ0) is 10.6. The van der Waals surface area contributed by atoms with Crippen molar-refractivity contribution in [1.82, 2.24) is 0 Å². The highest BCUT2D eigenvalue weighted by atomic mass is 16.7. The van der Waals surface area contributed by atoms with E-state index in [1.807, 2.05) is 6.08 Å². The van der Waals surface area contributed by atoms with Crippen molar-refractivity contribution in [1.29, 1.82) is 0 Å². The van der Waals surface area contributed by atoms with E-state index in [1.54, 1.807) is 0 Å². The van der Waals surface area contributed by atoms with Gasteiger partial charge in [-0.05, 0) is 18.9 Å². The first kappa shape index (κ1) is 13.2. The molecule has 0 aromatic carbocycles. The minimum absolute atomic E-state index is 0.138. The molecule has 0 aliphatic rings. The van der Waals surface area contributed by atoms with E-state index >= 15 is 0 Å². The molecule has 0 rings (SSSR count). The van der Waals surface area contributed by atoms with Gasteiger partial charge in [0, 0.05) is 7.11 Å². The summed E-state index contributed by atoms with van der Waals surface area (Å²) in [6.45, 7) is 2.31. The van der Waals surface area contributed by atoms with Gasteiger partial charge >= 0.3 is 0 Å². The molecule has 0 aliphatic carbocycles. The molecule has 0 spiro atoms. The van der Waals surface area contributed by atoms with Crippen molar-refractivity contribution >= 4 is 6.29 Å². The van der Waals surface area contributed by atoms with E-state index in [2.05, 4.69) is 6.92 Å². The zero-order valence-corrected chi connectivity index (χ0v) is 9.12. The molecule has 0 aromatic heterocycles. The number of unbranched alkanes of at least 4 members (excludes halogenated alkanes) is 4. The Balaban J connectivity index is 3.53. The summed E-state index contributed by atoms with van der Waals surface area (Å²) in [6.07, 6.45) is 8.25. The van der Waals surface area contributed by atoms with Crippen molar-refractivity contribution in [2.24, 2.45) is 0 Å². The smallest absolute Gasteiger partial charge is 0.188 e. The molecule has 0 radical (unpaired) electrons. The molecule has 3 heteroatoms. The van der Waals surface area contributed by atoms with Crippen LogP contribution in [0.15, 0.2) is 11.8 Å². The highest BCUT2D eigenvalue weighted by Gasteiger charge is 1.94. The zero-order valence-electron chi connectivity index (χ0n) is 9.12. The van der Waals surface area contributed by atoms with Crippen LogP contribution >= 0.6 is 0 Å². The molecule has 0 saturated carbocycles. The lowest BCUT2D eigenvalue weighted by atomic mass is 10.1. The summed E-state index contributed by atoms with van der Waals surface area (Å²) in [5.74, 6) is 0.378. The Bertz CT molecular complexity index is 164. The Kier molecular flexibility index (Phi) is 9.64. The number of aldehydes is 1. The van der Waals surface area contributed by atoms with E-state index in [0.717, 1.165) is 19.1 Å². The first-order valence-electron chi connectivity index (χ1n) is 5.12. The molecule has 0 fully saturated rings. The number of methoxy groups -OCH3 is 1.